The number of aromatic carboxylic acids is 1. The normalized spacial score (nSPS) is 10.4. The van der Waals surface area contributed by atoms with E-state index in [4.69, 9.17) is 10.8 Å². The molecule has 0 aliphatic carbocycles. The molecule has 0 fully saturated rings. The molecule has 2 aromatic carbocycles. The molecule has 0 radical (unpaired) electrons. The Morgan fingerprint density at radius 3 is 2.37 bits per heavy atom. The van der Waals surface area contributed by atoms with Crippen LogP contribution >= 0.6 is 11.8 Å². The predicted octanol–water partition coefficient (Wildman–Crippen LogP) is 3.40. The summed E-state index contributed by atoms with van der Waals surface area (Å²) in [5.74, 6) is -2.64. The summed E-state index contributed by atoms with van der Waals surface area (Å²) in [4.78, 5) is 11.6. The standard InChI is InChI=1S/C13H9F2NO2S/c14-7-3-1-2-4-9(7)19-10-6-5-8(15)12(16)11(10)13(17)18/h1-6H,16H2,(H,17,18). The van der Waals surface area contributed by atoms with E-state index >= 15 is 0 Å². The first-order valence-electron chi connectivity index (χ1n) is 5.24. The molecule has 2 aromatic rings. The van der Waals surface area contributed by atoms with Crippen LogP contribution in [0.25, 0.3) is 0 Å². The molecule has 0 aromatic heterocycles. The van der Waals surface area contributed by atoms with Crippen LogP contribution in [0.4, 0.5) is 14.5 Å². The summed E-state index contributed by atoms with van der Waals surface area (Å²) in [6.45, 7) is 0. The van der Waals surface area contributed by atoms with Crippen molar-refractivity contribution in [1.29, 1.82) is 0 Å². The van der Waals surface area contributed by atoms with E-state index in [0.717, 1.165) is 17.8 Å². The van der Waals surface area contributed by atoms with Gasteiger partial charge in [-0.15, -0.1) is 0 Å². The van der Waals surface area contributed by atoms with E-state index in [9.17, 15) is 13.6 Å². The summed E-state index contributed by atoms with van der Waals surface area (Å²) in [5, 5.41) is 9.06. The van der Waals surface area contributed by atoms with E-state index < -0.39 is 23.3 Å². The van der Waals surface area contributed by atoms with Crippen LogP contribution in [-0.2, 0) is 0 Å². The Labute approximate surface area is 112 Å². The minimum atomic E-state index is -1.35. The molecule has 0 saturated carbocycles. The molecule has 0 heterocycles. The monoisotopic (exact) mass is 281 g/mol. The Bertz CT molecular complexity index is 647. The molecular weight excluding hydrogens is 272 g/mol. The molecule has 0 atom stereocenters. The fraction of sp³-hybridized carbons (Fsp3) is 0. The summed E-state index contributed by atoms with van der Waals surface area (Å²) in [6, 6.07) is 8.24. The predicted molar refractivity (Wildman–Crippen MR) is 68.3 cm³/mol. The maximum atomic E-state index is 13.5. The molecule has 19 heavy (non-hydrogen) atoms. The third-order valence-corrected chi connectivity index (χ3v) is 3.54. The smallest absolute Gasteiger partial charge is 0.339 e. The Balaban J connectivity index is 2.49. The number of halogens is 2. The Hall–Kier alpha value is -2.08. The van der Waals surface area contributed by atoms with E-state index in [-0.39, 0.29) is 15.4 Å². The topological polar surface area (TPSA) is 63.3 Å². The largest absolute Gasteiger partial charge is 0.478 e. The van der Waals surface area contributed by atoms with Crippen LogP contribution in [0.3, 0.4) is 0 Å². The summed E-state index contributed by atoms with van der Waals surface area (Å²) >= 11 is 0.890. The number of nitrogen functional groups attached to an aromatic ring is 1. The van der Waals surface area contributed by atoms with Gasteiger partial charge in [-0.1, -0.05) is 23.9 Å². The number of hydrogen-bond acceptors (Lipinski definition) is 3. The van der Waals surface area contributed by atoms with E-state index in [1.54, 1.807) is 6.07 Å². The molecule has 98 valence electrons. The quantitative estimate of drug-likeness (QED) is 0.846. The third-order valence-electron chi connectivity index (χ3n) is 2.42. The first-order valence-corrected chi connectivity index (χ1v) is 6.06. The number of carbonyl (C=O) groups is 1. The van der Waals surface area contributed by atoms with Gasteiger partial charge in [-0.3, -0.25) is 0 Å². The van der Waals surface area contributed by atoms with Crippen molar-refractivity contribution in [3.63, 3.8) is 0 Å². The average Bonchev–Trinajstić information content (AvgIpc) is 2.36. The van der Waals surface area contributed by atoms with Gasteiger partial charge >= 0.3 is 5.97 Å². The molecule has 3 N–H and O–H groups in total. The number of hydrogen-bond donors (Lipinski definition) is 2. The zero-order chi connectivity index (χ0) is 14.0. The van der Waals surface area contributed by atoms with Gasteiger partial charge in [0.1, 0.15) is 11.6 Å². The van der Waals surface area contributed by atoms with Gasteiger partial charge in [0.15, 0.2) is 0 Å². The molecule has 2 rings (SSSR count). The zero-order valence-electron chi connectivity index (χ0n) is 9.56. The highest BCUT2D eigenvalue weighted by Gasteiger charge is 2.19. The fourth-order valence-corrected chi connectivity index (χ4v) is 2.51. The first kappa shape index (κ1) is 13.4. The Morgan fingerprint density at radius 2 is 1.74 bits per heavy atom. The molecule has 0 bridgehead atoms. The van der Waals surface area contributed by atoms with Gasteiger partial charge in [0.25, 0.3) is 0 Å². The van der Waals surface area contributed by atoms with Gasteiger partial charge in [0.2, 0.25) is 0 Å². The molecule has 6 heteroatoms. The summed E-state index contributed by atoms with van der Waals surface area (Å²) in [7, 11) is 0. The highest BCUT2D eigenvalue weighted by atomic mass is 32.2. The zero-order valence-corrected chi connectivity index (χ0v) is 10.4. The van der Waals surface area contributed by atoms with Crippen molar-refractivity contribution in [1.82, 2.24) is 0 Å². The number of benzene rings is 2. The molecule has 0 spiro atoms. The second-order valence-electron chi connectivity index (χ2n) is 3.67. The molecule has 0 aliphatic heterocycles. The highest BCUT2D eigenvalue weighted by molar-refractivity contribution is 7.99. The van der Waals surface area contributed by atoms with E-state index in [2.05, 4.69) is 0 Å². The van der Waals surface area contributed by atoms with E-state index in [1.807, 2.05) is 0 Å². The Morgan fingerprint density at radius 1 is 1.05 bits per heavy atom. The van der Waals surface area contributed by atoms with Gasteiger partial charge in [0, 0.05) is 9.79 Å². The number of carboxylic acid groups (broad SMARTS) is 1. The van der Waals surface area contributed by atoms with Crippen molar-refractivity contribution < 1.29 is 18.7 Å². The van der Waals surface area contributed by atoms with Crippen LogP contribution < -0.4 is 5.73 Å². The number of carboxylic acids is 1. The number of rotatable bonds is 3. The van der Waals surface area contributed by atoms with Gasteiger partial charge in [0.05, 0.1) is 11.3 Å². The lowest BCUT2D eigenvalue weighted by molar-refractivity contribution is 0.0694. The maximum absolute atomic E-state index is 13.5. The van der Waals surface area contributed by atoms with Crippen molar-refractivity contribution >= 4 is 23.4 Å². The van der Waals surface area contributed by atoms with E-state index in [1.165, 1.54) is 24.3 Å². The molecule has 3 nitrogen and oxygen atoms in total. The third kappa shape index (κ3) is 2.68. The van der Waals surface area contributed by atoms with Gasteiger partial charge in [-0.25, -0.2) is 13.6 Å². The fourth-order valence-electron chi connectivity index (χ4n) is 1.53. The van der Waals surface area contributed by atoms with Gasteiger partial charge in [-0.05, 0) is 24.3 Å². The van der Waals surface area contributed by atoms with Crippen LogP contribution in [0.1, 0.15) is 10.4 Å². The highest BCUT2D eigenvalue weighted by Crippen LogP contribution is 2.35. The van der Waals surface area contributed by atoms with Crippen LogP contribution in [-0.4, -0.2) is 11.1 Å². The minimum absolute atomic E-state index is 0.191. The summed E-state index contributed by atoms with van der Waals surface area (Å²) < 4.78 is 26.8. The maximum Gasteiger partial charge on any atom is 0.339 e. The molecule has 0 aliphatic rings. The lowest BCUT2D eigenvalue weighted by atomic mass is 10.2. The van der Waals surface area contributed by atoms with Crippen LogP contribution in [0.2, 0.25) is 0 Å². The Kier molecular flexibility index (Phi) is 3.71. The minimum Gasteiger partial charge on any atom is -0.478 e. The summed E-state index contributed by atoms with van der Waals surface area (Å²) in [6.07, 6.45) is 0. The van der Waals surface area contributed by atoms with Gasteiger partial charge < -0.3 is 10.8 Å². The molecule has 0 amide bonds. The SMILES string of the molecule is Nc1c(F)ccc(Sc2ccccc2F)c1C(=O)O. The molecule has 0 unspecified atom stereocenters. The van der Waals surface area contributed by atoms with Crippen molar-refractivity contribution in [2.45, 2.75) is 9.79 Å². The van der Waals surface area contributed by atoms with E-state index in [0.29, 0.717) is 0 Å². The summed E-state index contributed by atoms with van der Waals surface area (Å²) in [5.41, 5.74) is 4.61. The molecular formula is C13H9F2NO2S. The van der Waals surface area contributed by atoms with Gasteiger partial charge in [-0.2, -0.15) is 0 Å². The first-order chi connectivity index (χ1) is 9.00. The van der Waals surface area contributed by atoms with Crippen molar-refractivity contribution in [2.75, 3.05) is 5.73 Å². The van der Waals surface area contributed by atoms with Crippen LogP contribution in [0.15, 0.2) is 46.2 Å². The van der Waals surface area contributed by atoms with Crippen molar-refractivity contribution in [3.05, 3.63) is 53.6 Å². The number of anilines is 1. The second kappa shape index (κ2) is 5.27. The van der Waals surface area contributed by atoms with Crippen molar-refractivity contribution in [2.24, 2.45) is 0 Å². The lowest BCUT2D eigenvalue weighted by Crippen LogP contribution is -2.06. The van der Waals surface area contributed by atoms with Crippen molar-refractivity contribution in [3.8, 4) is 0 Å². The average molecular weight is 281 g/mol. The molecule has 0 saturated heterocycles. The van der Waals surface area contributed by atoms with Crippen LogP contribution in [0.5, 0.6) is 0 Å². The number of nitrogens with two attached hydrogens (primary N) is 1. The second-order valence-corrected chi connectivity index (χ2v) is 4.76. The van der Waals surface area contributed by atoms with Crippen LogP contribution in [0, 0.1) is 11.6 Å². The lowest BCUT2D eigenvalue weighted by Gasteiger charge is -2.09.